The first-order chi connectivity index (χ1) is 9.29. The fourth-order valence-corrected chi connectivity index (χ4v) is 1.69. The average Bonchev–Trinajstić information content (AvgIpc) is 2.47. The first-order valence-corrected chi connectivity index (χ1v) is 5.99. The maximum Gasteiger partial charge on any atom is 0.413 e. The Morgan fingerprint density at radius 3 is 2.21 bits per heavy atom. The summed E-state index contributed by atoms with van der Waals surface area (Å²) >= 11 is 0. The largest absolute Gasteiger partial charge is 0.413 e. The maximum atomic E-state index is 11.7. The minimum Gasteiger partial charge on any atom is -0.410 e. The number of para-hydroxylation sites is 1. The van der Waals surface area contributed by atoms with E-state index >= 15 is 0 Å². The van der Waals surface area contributed by atoms with Crippen LogP contribution < -0.4 is 10.1 Å². The zero-order valence-electron chi connectivity index (χ0n) is 10.3. The van der Waals surface area contributed by atoms with Crippen LogP contribution in [0.2, 0.25) is 0 Å². The van der Waals surface area contributed by atoms with Crippen LogP contribution >= 0.6 is 0 Å². The van der Waals surface area contributed by atoms with Gasteiger partial charge in [-0.2, -0.15) is 0 Å². The van der Waals surface area contributed by atoms with Crippen LogP contribution in [-0.4, -0.2) is 17.8 Å². The van der Waals surface area contributed by atoms with E-state index < -0.39 is 12.1 Å². The highest BCUT2D eigenvalue weighted by atomic mass is 16.6. The highest BCUT2D eigenvalue weighted by Crippen LogP contribution is 2.13. The van der Waals surface area contributed by atoms with Crippen LogP contribution in [0.3, 0.4) is 0 Å². The Hall–Kier alpha value is -2.33. The molecule has 98 valence electrons. The van der Waals surface area contributed by atoms with Crippen molar-refractivity contribution >= 4 is 6.09 Å². The van der Waals surface area contributed by atoms with Crippen molar-refractivity contribution in [3.8, 4) is 5.75 Å². The molecule has 2 aromatic carbocycles. The third kappa shape index (κ3) is 3.82. The third-order valence-electron chi connectivity index (χ3n) is 2.63. The summed E-state index contributed by atoms with van der Waals surface area (Å²) in [4.78, 5) is 11.7. The number of ether oxygens (including phenoxy) is 1. The summed E-state index contributed by atoms with van der Waals surface area (Å²) in [6, 6.07) is 17.6. The minimum atomic E-state index is -0.589. The zero-order valence-corrected chi connectivity index (χ0v) is 10.3. The number of amides is 1. The van der Waals surface area contributed by atoms with Crippen molar-refractivity contribution < 1.29 is 14.6 Å². The van der Waals surface area contributed by atoms with Crippen LogP contribution in [0.15, 0.2) is 60.7 Å². The minimum absolute atomic E-state index is 0.187. The van der Waals surface area contributed by atoms with Crippen LogP contribution in [0.1, 0.15) is 11.6 Å². The summed E-state index contributed by atoms with van der Waals surface area (Å²) < 4.78 is 5.11. The molecule has 0 bridgehead atoms. The summed E-state index contributed by atoms with van der Waals surface area (Å²) in [5.41, 5.74) is 0.829. The molecule has 1 unspecified atom stereocenters. The van der Waals surface area contributed by atoms with E-state index in [4.69, 9.17) is 4.74 Å². The van der Waals surface area contributed by atoms with Gasteiger partial charge in [0.1, 0.15) is 5.75 Å². The molecule has 1 atom stereocenters. The van der Waals surface area contributed by atoms with Gasteiger partial charge in [-0.1, -0.05) is 48.5 Å². The second-order valence-corrected chi connectivity index (χ2v) is 3.99. The van der Waals surface area contributed by atoms with Crippen LogP contribution in [0.5, 0.6) is 5.75 Å². The molecule has 0 radical (unpaired) electrons. The number of aliphatic hydroxyl groups excluding tert-OH is 1. The molecule has 0 aliphatic rings. The lowest BCUT2D eigenvalue weighted by Gasteiger charge is -2.16. The summed E-state index contributed by atoms with van der Waals surface area (Å²) in [5, 5.41) is 11.9. The third-order valence-corrected chi connectivity index (χ3v) is 2.63. The topological polar surface area (TPSA) is 58.6 Å². The molecule has 19 heavy (non-hydrogen) atoms. The van der Waals surface area contributed by atoms with Crippen molar-refractivity contribution in [2.24, 2.45) is 0 Å². The van der Waals surface area contributed by atoms with Crippen molar-refractivity contribution in [1.29, 1.82) is 0 Å². The van der Waals surface area contributed by atoms with Gasteiger partial charge in [-0.15, -0.1) is 0 Å². The van der Waals surface area contributed by atoms with Crippen LogP contribution in [0, 0.1) is 0 Å². The summed E-state index contributed by atoms with van der Waals surface area (Å²) in [7, 11) is 0. The van der Waals surface area contributed by atoms with Crippen molar-refractivity contribution in [3.63, 3.8) is 0 Å². The fourth-order valence-electron chi connectivity index (χ4n) is 1.69. The lowest BCUT2D eigenvalue weighted by Crippen LogP contribution is -2.33. The molecular weight excluding hydrogens is 242 g/mol. The summed E-state index contributed by atoms with van der Waals surface area (Å²) in [6.45, 7) is -0.187. The van der Waals surface area contributed by atoms with Gasteiger partial charge in [0.2, 0.25) is 0 Å². The lowest BCUT2D eigenvalue weighted by molar-refractivity contribution is 0.183. The second-order valence-electron chi connectivity index (χ2n) is 3.99. The molecule has 2 N–H and O–H groups in total. The van der Waals surface area contributed by atoms with Crippen LogP contribution in [0.25, 0.3) is 0 Å². The first kappa shape index (κ1) is 13.1. The van der Waals surface area contributed by atoms with Crippen molar-refractivity contribution in [2.45, 2.75) is 6.04 Å². The van der Waals surface area contributed by atoms with E-state index in [1.165, 1.54) is 0 Å². The van der Waals surface area contributed by atoms with Gasteiger partial charge in [0.25, 0.3) is 0 Å². The highest BCUT2D eigenvalue weighted by Gasteiger charge is 2.14. The van der Waals surface area contributed by atoms with E-state index in [0.717, 1.165) is 5.56 Å². The predicted octanol–water partition coefficient (Wildman–Crippen LogP) is 2.51. The van der Waals surface area contributed by atoms with Gasteiger partial charge >= 0.3 is 6.09 Å². The van der Waals surface area contributed by atoms with Crippen LogP contribution in [0.4, 0.5) is 4.79 Å². The van der Waals surface area contributed by atoms with E-state index in [9.17, 15) is 9.90 Å². The van der Waals surface area contributed by atoms with E-state index in [1.807, 2.05) is 36.4 Å². The van der Waals surface area contributed by atoms with Crippen molar-refractivity contribution in [3.05, 3.63) is 66.2 Å². The number of benzene rings is 2. The Balaban J connectivity index is 1.97. The smallest absolute Gasteiger partial charge is 0.410 e. The van der Waals surface area contributed by atoms with Gasteiger partial charge in [0.05, 0.1) is 12.6 Å². The lowest BCUT2D eigenvalue weighted by atomic mass is 10.1. The molecule has 0 fully saturated rings. The van der Waals surface area contributed by atoms with Gasteiger partial charge in [0.15, 0.2) is 0 Å². The molecule has 0 saturated carbocycles. The first-order valence-electron chi connectivity index (χ1n) is 5.99. The van der Waals surface area contributed by atoms with Gasteiger partial charge in [-0.3, -0.25) is 0 Å². The molecule has 4 nitrogen and oxygen atoms in total. The number of rotatable bonds is 4. The molecule has 0 spiro atoms. The summed E-state index contributed by atoms with van der Waals surface area (Å²) in [6.07, 6.45) is -0.589. The Kier molecular flexibility index (Phi) is 4.53. The average molecular weight is 257 g/mol. The molecule has 0 saturated heterocycles. The Labute approximate surface area is 111 Å². The number of hydrogen-bond donors (Lipinski definition) is 2. The van der Waals surface area contributed by atoms with Gasteiger partial charge in [-0.25, -0.2) is 4.79 Å². The monoisotopic (exact) mass is 257 g/mol. The SMILES string of the molecule is O=C(NC(CO)c1ccccc1)Oc1ccccc1. The zero-order chi connectivity index (χ0) is 13.5. The quantitative estimate of drug-likeness (QED) is 0.884. The molecule has 1 amide bonds. The fraction of sp³-hybridized carbons (Fsp3) is 0.133. The number of nitrogens with one attached hydrogen (secondary N) is 1. The van der Waals surface area contributed by atoms with Gasteiger partial charge in [0, 0.05) is 0 Å². The number of hydrogen-bond acceptors (Lipinski definition) is 3. The molecule has 0 aromatic heterocycles. The van der Waals surface area contributed by atoms with Crippen LogP contribution in [-0.2, 0) is 0 Å². The molecule has 2 rings (SSSR count). The van der Waals surface area contributed by atoms with Gasteiger partial charge < -0.3 is 15.2 Å². The van der Waals surface area contributed by atoms with E-state index in [1.54, 1.807) is 24.3 Å². The number of carbonyl (C=O) groups excluding carboxylic acids is 1. The highest BCUT2D eigenvalue weighted by molar-refractivity contribution is 5.70. The molecule has 0 aliphatic carbocycles. The molecule has 4 heteroatoms. The Morgan fingerprint density at radius 2 is 1.63 bits per heavy atom. The Morgan fingerprint density at radius 1 is 1.05 bits per heavy atom. The van der Waals surface area contributed by atoms with E-state index in [2.05, 4.69) is 5.32 Å². The van der Waals surface area contributed by atoms with E-state index in [-0.39, 0.29) is 6.61 Å². The normalized spacial score (nSPS) is 11.6. The molecular formula is C15H15NO3. The maximum absolute atomic E-state index is 11.7. The molecule has 0 aliphatic heterocycles. The van der Waals surface area contributed by atoms with Crippen molar-refractivity contribution in [2.75, 3.05) is 6.61 Å². The Bertz CT molecular complexity index is 513. The second kappa shape index (κ2) is 6.56. The number of carbonyl (C=O) groups is 1. The molecule has 0 heterocycles. The predicted molar refractivity (Wildman–Crippen MR) is 71.9 cm³/mol. The summed E-state index contributed by atoms with van der Waals surface area (Å²) in [5.74, 6) is 0.463. The van der Waals surface area contributed by atoms with Crippen molar-refractivity contribution in [1.82, 2.24) is 5.32 Å². The standard InChI is InChI=1S/C15H15NO3/c17-11-14(12-7-3-1-4-8-12)16-15(18)19-13-9-5-2-6-10-13/h1-10,14,17H,11H2,(H,16,18). The van der Waals surface area contributed by atoms with E-state index in [0.29, 0.717) is 5.75 Å². The van der Waals surface area contributed by atoms with Gasteiger partial charge in [-0.05, 0) is 17.7 Å². The number of aliphatic hydroxyl groups is 1. The molecule has 2 aromatic rings.